The second-order valence-corrected chi connectivity index (χ2v) is 5.00. The highest BCUT2D eigenvalue weighted by Crippen LogP contribution is 2.31. The smallest absolute Gasteiger partial charge is 0.376 e. The fourth-order valence-corrected chi connectivity index (χ4v) is 2.16. The third-order valence-corrected chi connectivity index (χ3v) is 3.28. The number of carbonyl (C=O) groups is 1. The van der Waals surface area contributed by atoms with Gasteiger partial charge in [-0.15, -0.1) is 0 Å². The lowest BCUT2D eigenvalue weighted by Gasteiger charge is -1.99. The van der Waals surface area contributed by atoms with Crippen LogP contribution < -0.4 is 0 Å². The number of halogens is 2. The van der Waals surface area contributed by atoms with Crippen LogP contribution in [0.15, 0.2) is 22.6 Å². The number of methoxy groups -OCH3 is 1. The first-order valence-corrected chi connectivity index (χ1v) is 6.85. The number of aromatic nitrogens is 1. The highest BCUT2D eigenvalue weighted by molar-refractivity contribution is 6.35. The number of carbonyl (C=O) groups excluding carboxylic acids is 1. The number of oxazole rings is 1. The normalized spacial score (nSPS) is 10.6. The van der Waals surface area contributed by atoms with Gasteiger partial charge in [0.1, 0.15) is 0 Å². The molecular formula is C14H13Cl2NO3. The summed E-state index contributed by atoms with van der Waals surface area (Å²) in [4.78, 5) is 16.0. The third kappa shape index (κ3) is 2.97. The van der Waals surface area contributed by atoms with Crippen LogP contribution in [-0.2, 0) is 11.2 Å². The van der Waals surface area contributed by atoms with E-state index in [0.29, 0.717) is 27.7 Å². The number of aryl methyl sites for hydroxylation is 1. The van der Waals surface area contributed by atoms with E-state index >= 15 is 0 Å². The maximum Gasteiger partial charge on any atom is 0.376 e. The lowest BCUT2D eigenvalue weighted by Crippen LogP contribution is -2.03. The Morgan fingerprint density at radius 1 is 1.40 bits per heavy atom. The van der Waals surface area contributed by atoms with E-state index in [2.05, 4.69) is 4.98 Å². The quantitative estimate of drug-likeness (QED) is 0.786. The zero-order valence-electron chi connectivity index (χ0n) is 11.1. The number of hydrogen-bond donors (Lipinski definition) is 0. The fourth-order valence-electron chi connectivity index (χ4n) is 1.79. The molecule has 2 rings (SSSR count). The summed E-state index contributed by atoms with van der Waals surface area (Å²) in [5, 5.41) is 0.967. The maximum atomic E-state index is 11.7. The molecule has 4 nitrogen and oxygen atoms in total. The Morgan fingerprint density at radius 2 is 2.15 bits per heavy atom. The summed E-state index contributed by atoms with van der Waals surface area (Å²) in [6, 6.07) is 4.97. The van der Waals surface area contributed by atoms with Crippen LogP contribution in [0.4, 0.5) is 0 Å². The Balaban J connectivity index is 2.52. The molecule has 0 spiro atoms. The molecule has 0 saturated heterocycles. The van der Waals surface area contributed by atoms with Crippen LogP contribution in [-0.4, -0.2) is 18.1 Å². The minimum Gasteiger partial charge on any atom is -0.463 e. The van der Waals surface area contributed by atoms with E-state index in [0.717, 1.165) is 6.42 Å². The zero-order valence-corrected chi connectivity index (χ0v) is 12.6. The first kappa shape index (κ1) is 14.9. The third-order valence-electron chi connectivity index (χ3n) is 2.71. The average molecular weight is 314 g/mol. The molecule has 20 heavy (non-hydrogen) atoms. The predicted octanol–water partition coefficient (Wildman–Crippen LogP) is 4.39. The summed E-state index contributed by atoms with van der Waals surface area (Å²) in [7, 11) is 1.30. The van der Waals surface area contributed by atoms with Crippen LogP contribution in [0.1, 0.15) is 29.6 Å². The van der Waals surface area contributed by atoms with Gasteiger partial charge in [-0.2, -0.15) is 0 Å². The van der Waals surface area contributed by atoms with Crippen molar-refractivity contribution >= 4 is 29.2 Å². The van der Waals surface area contributed by atoms with Crippen molar-refractivity contribution in [2.45, 2.75) is 19.8 Å². The molecule has 0 radical (unpaired) electrons. The van der Waals surface area contributed by atoms with Crippen molar-refractivity contribution in [1.29, 1.82) is 0 Å². The number of hydrogen-bond acceptors (Lipinski definition) is 4. The van der Waals surface area contributed by atoms with E-state index in [1.165, 1.54) is 7.11 Å². The summed E-state index contributed by atoms with van der Waals surface area (Å²) in [5.74, 6) is -0.174. The Kier molecular flexibility index (Phi) is 4.68. The lowest BCUT2D eigenvalue weighted by molar-refractivity contribution is 0.0564. The Hall–Kier alpha value is -1.52. The minimum atomic E-state index is -0.551. The maximum absolute atomic E-state index is 11.7. The van der Waals surface area contributed by atoms with Crippen LogP contribution in [0.2, 0.25) is 10.0 Å². The van der Waals surface area contributed by atoms with Gasteiger partial charge in [0, 0.05) is 5.02 Å². The molecule has 0 atom stereocenters. The average Bonchev–Trinajstić information content (AvgIpc) is 2.85. The molecule has 0 fully saturated rings. The number of nitrogens with zero attached hydrogens (tertiary/aromatic N) is 1. The van der Waals surface area contributed by atoms with Crippen molar-refractivity contribution in [3.8, 4) is 11.5 Å². The van der Waals surface area contributed by atoms with Gasteiger partial charge < -0.3 is 9.15 Å². The van der Waals surface area contributed by atoms with Gasteiger partial charge in [0.25, 0.3) is 0 Å². The first-order valence-electron chi connectivity index (χ1n) is 6.10. The number of rotatable bonds is 4. The predicted molar refractivity (Wildman–Crippen MR) is 77.3 cm³/mol. The Bertz CT molecular complexity index is 637. The number of ether oxygens (including phenoxy) is 1. The van der Waals surface area contributed by atoms with Crippen LogP contribution in [0, 0.1) is 0 Å². The second-order valence-electron chi connectivity index (χ2n) is 4.16. The summed E-state index contributed by atoms with van der Waals surface area (Å²) in [5.41, 5.74) is 1.11. The van der Waals surface area contributed by atoms with Gasteiger partial charge in [-0.25, -0.2) is 9.78 Å². The monoisotopic (exact) mass is 313 g/mol. The molecule has 0 bridgehead atoms. The molecule has 1 aromatic carbocycles. The fraction of sp³-hybridized carbons (Fsp3) is 0.286. The first-order chi connectivity index (χ1) is 9.56. The molecule has 0 saturated carbocycles. The number of benzene rings is 1. The standard InChI is InChI=1S/C14H13Cl2NO3/c1-3-4-11-12(14(18)19-2)20-13(17-11)9-7-8(15)5-6-10(9)16/h5-7H,3-4H2,1-2H3. The summed E-state index contributed by atoms with van der Waals surface area (Å²) in [6.45, 7) is 1.99. The van der Waals surface area contributed by atoms with Gasteiger partial charge in [0.05, 0.1) is 23.4 Å². The van der Waals surface area contributed by atoms with E-state index in [-0.39, 0.29) is 11.7 Å². The van der Waals surface area contributed by atoms with Crippen molar-refractivity contribution in [2.24, 2.45) is 0 Å². The summed E-state index contributed by atoms with van der Waals surface area (Å²) < 4.78 is 10.2. The largest absolute Gasteiger partial charge is 0.463 e. The van der Waals surface area contributed by atoms with E-state index in [4.69, 9.17) is 32.4 Å². The van der Waals surface area contributed by atoms with E-state index in [9.17, 15) is 4.79 Å². The molecule has 0 amide bonds. The van der Waals surface area contributed by atoms with Gasteiger partial charge in [-0.3, -0.25) is 0 Å². The van der Waals surface area contributed by atoms with Gasteiger partial charge in [0.15, 0.2) is 0 Å². The van der Waals surface area contributed by atoms with Crippen LogP contribution in [0.3, 0.4) is 0 Å². The Morgan fingerprint density at radius 3 is 2.80 bits per heavy atom. The molecule has 0 aliphatic heterocycles. The van der Waals surface area contributed by atoms with E-state index in [1.807, 2.05) is 6.92 Å². The van der Waals surface area contributed by atoms with Gasteiger partial charge in [0.2, 0.25) is 11.7 Å². The molecule has 0 aliphatic carbocycles. The molecular weight excluding hydrogens is 301 g/mol. The topological polar surface area (TPSA) is 52.3 Å². The zero-order chi connectivity index (χ0) is 14.7. The minimum absolute atomic E-state index is 0.111. The van der Waals surface area contributed by atoms with Crippen LogP contribution in [0.25, 0.3) is 11.5 Å². The summed E-state index contributed by atoms with van der Waals surface area (Å²) >= 11 is 12.1. The highest BCUT2D eigenvalue weighted by atomic mass is 35.5. The van der Waals surface area contributed by atoms with Gasteiger partial charge in [-0.05, 0) is 24.6 Å². The second kappa shape index (κ2) is 6.29. The molecule has 0 aliphatic rings. The molecule has 0 unspecified atom stereocenters. The number of esters is 1. The van der Waals surface area contributed by atoms with Crippen molar-refractivity contribution in [3.05, 3.63) is 39.7 Å². The van der Waals surface area contributed by atoms with Crippen molar-refractivity contribution in [3.63, 3.8) is 0 Å². The highest BCUT2D eigenvalue weighted by Gasteiger charge is 2.22. The molecule has 6 heteroatoms. The SMILES string of the molecule is CCCc1nc(-c2cc(Cl)ccc2Cl)oc1C(=O)OC. The van der Waals surface area contributed by atoms with Crippen molar-refractivity contribution in [1.82, 2.24) is 4.98 Å². The van der Waals surface area contributed by atoms with E-state index < -0.39 is 5.97 Å². The molecule has 1 heterocycles. The lowest BCUT2D eigenvalue weighted by atomic mass is 10.2. The van der Waals surface area contributed by atoms with Crippen LogP contribution >= 0.6 is 23.2 Å². The molecule has 2 aromatic rings. The van der Waals surface area contributed by atoms with Gasteiger partial charge >= 0.3 is 5.97 Å². The van der Waals surface area contributed by atoms with Crippen molar-refractivity contribution in [2.75, 3.05) is 7.11 Å². The molecule has 0 N–H and O–H groups in total. The van der Waals surface area contributed by atoms with Gasteiger partial charge in [-0.1, -0.05) is 36.5 Å². The molecule has 1 aromatic heterocycles. The molecule has 106 valence electrons. The van der Waals surface area contributed by atoms with Crippen LogP contribution in [0.5, 0.6) is 0 Å². The van der Waals surface area contributed by atoms with Crippen molar-refractivity contribution < 1.29 is 13.9 Å². The van der Waals surface area contributed by atoms with E-state index in [1.54, 1.807) is 18.2 Å². The Labute approximate surface area is 126 Å². The summed E-state index contributed by atoms with van der Waals surface area (Å²) in [6.07, 6.45) is 1.45.